The van der Waals surface area contributed by atoms with E-state index in [1.54, 1.807) is 7.05 Å². The largest absolute Gasteiger partial charge is 0.390 e. The van der Waals surface area contributed by atoms with Crippen molar-refractivity contribution < 1.29 is 18.3 Å². The Bertz CT molecular complexity index is 355. The third-order valence-corrected chi connectivity index (χ3v) is 3.67. The number of nitrogens with zero attached hydrogens (tertiary/aromatic N) is 1. The smallest absolute Gasteiger partial charge is 0.223 e. The molecule has 1 saturated heterocycles. The first-order valence-corrected chi connectivity index (χ1v) is 7.19. The second kappa shape index (κ2) is 5.11. The van der Waals surface area contributed by atoms with Crippen molar-refractivity contribution in [3.8, 4) is 0 Å². The molecule has 0 saturated carbocycles. The molecule has 0 aromatic rings. The molecule has 0 radical (unpaired) electrons. The summed E-state index contributed by atoms with van der Waals surface area (Å²) < 4.78 is 21.8. The Labute approximate surface area is 95.5 Å². The van der Waals surface area contributed by atoms with Crippen LogP contribution >= 0.6 is 0 Å². The van der Waals surface area contributed by atoms with Crippen LogP contribution in [0.3, 0.4) is 0 Å². The quantitative estimate of drug-likeness (QED) is 0.615. The van der Waals surface area contributed by atoms with E-state index < -0.39 is 15.9 Å². The van der Waals surface area contributed by atoms with Gasteiger partial charge in [-0.25, -0.2) is 8.42 Å². The minimum atomic E-state index is -3.12. The molecule has 6 nitrogen and oxygen atoms in total. The lowest BCUT2D eigenvalue weighted by Gasteiger charge is -2.26. The number of nitrogens with one attached hydrogen (secondary N) is 1. The number of rotatable bonds is 4. The second-order valence-corrected chi connectivity index (χ2v) is 6.44. The average Bonchev–Trinajstić information content (AvgIpc) is 2.58. The number of β-amino-alcohol motifs (C(OH)–C–C–N with tert-alkyl or cyclic N) is 1. The van der Waals surface area contributed by atoms with Gasteiger partial charge < -0.3 is 15.3 Å². The van der Waals surface area contributed by atoms with Gasteiger partial charge in [0.1, 0.15) is 9.84 Å². The number of hydrogen-bond donors (Lipinski definition) is 2. The maximum Gasteiger partial charge on any atom is 0.223 e. The fraction of sp³-hybridized carbons (Fsp3) is 0.889. The van der Waals surface area contributed by atoms with Gasteiger partial charge in [-0.3, -0.25) is 4.79 Å². The monoisotopic (exact) mass is 250 g/mol. The topological polar surface area (TPSA) is 86.7 Å². The predicted molar refractivity (Wildman–Crippen MR) is 59.8 cm³/mol. The van der Waals surface area contributed by atoms with Crippen molar-refractivity contribution in [2.75, 3.05) is 32.1 Å². The first-order chi connectivity index (χ1) is 7.31. The van der Waals surface area contributed by atoms with Crippen LogP contribution in [0.5, 0.6) is 0 Å². The lowest BCUT2D eigenvalue weighted by atomic mass is 10.2. The molecule has 16 heavy (non-hydrogen) atoms. The third kappa shape index (κ3) is 3.73. The zero-order valence-corrected chi connectivity index (χ0v) is 10.3. The molecule has 1 aliphatic rings. The number of amides is 1. The van der Waals surface area contributed by atoms with Gasteiger partial charge in [0.15, 0.2) is 0 Å². The number of carbonyl (C=O) groups is 1. The summed E-state index contributed by atoms with van der Waals surface area (Å²) in [7, 11) is -1.53. The first-order valence-electron chi connectivity index (χ1n) is 5.13. The van der Waals surface area contributed by atoms with E-state index in [9.17, 15) is 18.3 Å². The van der Waals surface area contributed by atoms with Gasteiger partial charge >= 0.3 is 0 Å². The molecule has 0 aliphatic carbocycles. The summed E-state index contributed by atoms with van der Waals surface area (Å²) >= 11 is 0. The number of aliphatic hydroxyl groups is 1. The molecule has 0 spiro atoms. The number of likely N-dealkylation sites (N-methyl/N-ethyl adjacent to an activating group) is 1. The van der Waals surface area contributed by atoms with Gasteiger partial charge in [-0.1, -0.05) is 0 Å². The van der Waals surface area contributed by atoms with Gasteiger partial charge in [-0.05, 0) is 0 Å². The van der Waals surface area contributed by atoms with E-state index in [-0.39, 0.29) is 24.1 Å². The Kier molecular flexibility index (Phi) is 4.28. The molecular formula is C9H18N2O4S. The highest BCUT2D eigenvalue weighted by molar-refractivity contribution is 7.90. The van der Waals surface area contributed by atoms with Gasteiger partial charge in [0.2, 0.25) is 5.91 Å². The van der Waals surface area contributed by atoms with Gasteiger partial charge in [0.05, 0.1) is 17.9 Å². The molecule has 1 heterocycles. The molecule has 0 aromatic heterocycles. The first kappa shape index (κ1) is 13.4. The van der Waals surface area contributed by atoms with E-state index in [2.05, 4.69) is 5.32 Å². The Balaban J connectivity index is 2.47. The summed E-state index contributed by atoms with van der Waals surface area (Å²) in [6.45, 7) is 1.01. The van der Waals surface area contributed by atoms with Crippen LogP contribution in [0.25, 0.3) is 0 Å². The average molecular weight is 250 g/mol. The highest BCUT2D eigenvalue weighted by atomic mass is 32.2. The van der Waals surface area contributed by atoms with Crippen LogP contribution in [0.4, 0.5) is 0 Å². The molecule has 7 heteroatoms. The van der Waals surface area contributed by atoms with Gasteiger partial charge in [-0.15, -0.1) is 0 Å². The Morgan fingerprint density at radius 1 is 1.50 bits per heavy atom. The van der Waals surface area contributed by atoms with Crippen LogP contribution in [0.2, 0.25) is 0 Å². The van der Waals surface area contributed by atoms with Crippen LogP contribution in [0.15, 0.2) is 0 Å². The lowest BCUT2D eigenvalue weighted by Crippen LogP contribution is -2.44. The highest BCUT2D eigenvalue weighted by Gasteiger charge is 2.31. The fourth-order valence-corrected chi connectivity index (χ4v) is 2.23. The molecule has 1 rings (SSSR count). The van der Waals surface area contributed by atoms with E-state index in [1.165, 1.54) is 4.90 Å². The van der Waals surface area contributed by atoms with Crippen molar-refractivity contribution in [3.05, 3.63) is 0 Å². The van der Waals surface area contributed by atoms with Crippen molar-refractivity contribution in [2.24, 2.45) is 0 Å². The summed E-state index contributed by atoms with van der Waals surface area (Å²) in [4.78, 5) is 13.1. The van der Waals surface area contributed by atoms with Gasteiger partial charge in [0.25, 0.3) is 0 Å². The minimum absolute atomic E-state index is 0.0292. The number of carbonyl (C=O) groups excluding carboxylic acids is 1. The molecular weight excluding hydrogens is 232 g/mol. The van der Waals surface area contributed by atoms with Crippen molar-refractivity contribution in [1.82, 2.24) is 10.2 Å². The molecule has 2 atom stereocenters. The fourth-order valence-electron chi connectivity index (χ4n) is 1.68. The summed E-state index contributed by atoms with van der Waals surface area (Å²) in [5, 5.41) is 12.5. The van der Waals surface area contributed by atoms with Crippen LogP contribution in [0, 0.1) is 0 Å². The van der Waals surface area contributed by atoms with E-state index in [0.29, 0.717) is 13.1 Å². The van der Waals surface area contributed by atoms with Crippen molar-refractivity contribution >= 4 is 15.7 Å². The summed E-state index contributed by atoms with van der Waals surface area (Å²) in [5.41, 5.74) is 0. The zero-order chi connectivity index (χ0) is 12.3. The van der Waals surface area contributed by atoms with Crippen LogP contribution in [-0.4, -0.2) is 68.6 Å². The number of sulfone groups is 1. The standard InChI is InChI=1S/C9H18N2O4S/c1-11(7-5-10-6-8(7)12)9(13)3-4-16(2,14)15/h7-8,10,12H,3-6H2,1-2H3/t7-,8-/m1/s1. The van der Waals surface area contributed by atoms with Crippen LogP contribution in [0.1, 0.15) is 6.42 Å². The maximum absolute atomic E-state index is 11.6. The molecule has 1 fully saturated rings. The minimum Gasteiger partial charge on any atom is -0.390 e. The van der Waals surface area contributed by atoms with Crippen molar-refractivity contribution in [1.29, 1.82) is 0 Å². The number of aliphatic hydroxyl groups excluding tert-OH is 1. The third-order valence-electron chi connectivity index (χ3n) is 2.73. The molecule has 2 N–H and O–H groups in total. The molecule has 1 aliphatic heterocycles. The van der Waals surface area contributed by atoms with Crippen LogP contribution in [-0.2, 0) is 14.6 Å². The molecule has 1 amide bonds. The van der Waals surface area contributed by atoms with Crippen molar-refractivity contribution in [2.45, 2.75) is 18.6 Å². The Morgan fingerprint density at radius 3 is 2.56 bits per heavy atom. The molecule has 0 aromatic carbocycles. The SMILES string of the molecule is CN(C(=O)CCS(C)(=O)=O)[C@@H]1CNC[C@H]1O. The summed E-state index contributed by atoms with van der Waals surface area (Å²) in [6.07, 6.45) is 0.498. The predicted octanol–water partition coefficient (Wildman–Crippen LogP) is -1.79. The van der Waals surface area contributed by atoms with E-state index in [4.69, 9.17) is 0 Å². The normalized spacial score (nSPS) is 25.7. The number of hydrogen-bond acceptors (Lipinski definition) is 5. The maximum atomic E-state index is 11.6. The Morgan fingerprint density at radius 2 is 2.12 bits per heavy atom. The van der Waals surface area contributed by atoms with Gasteiger partial charge in [0, 0.05) is 32.8 Å². The molecule has 0 unspecified atom stereocenters. The second-order valence-electron chi connectivity index (χ2n) is 4.18. The van der Waals surface area contributed by atoms with E-state index >= 15 is 0 Å². The summed E-state index contributed by atoms with van der Waals surface area (Å²) in [5.74, 6) is -0.398. The Hall–Kier alpha value is -0.660. The molecule has 0 bridgehead atoms. The lowest BCUT2D eigenvalue weighted by molar-refractivity contribution is -0.132. The molecule has 94 valence electrons. The van der Waals surface area contributed by atoms with Crippen LogP contribution < -0.4 is 5.32 Å². The summed E-state index contributed by atoms with van der Waals surface area (Å²) in [6, 6.07) is -0.257. The van der Waals surface area contributed by atoms with E-state index in [1.807, 2.05) is 0 Å². The van der Waals surface area contributed by atoms with Crippen molar-refractivity contribution in [3.63, 3.8) is 0 Å². The zero-order valence-electron chi connectivity index (χ0n) is 9.51. The van der Waals surface area contributed by atoms with Gasteiger partial charge in [-0.2, -0.15) is 0 Å². The van der Waals surface area contributed by atoms with E-state index in [0.717, 1.165) is 6.26 Å². The highest BCUT2D eigenvalue weighted by Crippen LogP contribution is 2.09.